The number of aromatic nitrogens is 2. The zero-order valence-electron chi connectivity index (χ0n) is 13.5. The number of hydrogen-bond acceptors (Lipinski definition) is 5. The maximum absolute atomic E-state index is 12.4. The second kappa shape index (κ2) is 6.60. The van der Waals surface area contributed by atoms with Gasteiger partial charge in [0.25, 0.3) is 5.91 Å². The Labute approximate surface area is 132 Å². The molecule has 2 saturated heterocycles. The van der Waals surface area contributed by atoms with Crippen molar-refractivity contribution in [2.24, 2.45) is 5.92 Å². The third-order valence-corrected chi connectivity index (χ3v) is 4.77. The molecule has 1 aromatic heterocycles. The number of likely N-dealkylation sites (N-methyl/N-ethyl adjacent to an activating group) is 1. The topological polar surface area (TPSA) is 52.6 Å². The maximum atomic E-state index is 12.4. The summed E-state index contributed by atoms with van der Waals surface area (Å²) in [4.78, 5) is 18.8. The lowest BCUT2D eigenvalue weighted by atomic mass is 9.99. The molecule has 2 aliphatic heterocycles. The number of anilines is 1. The molecule has 0 radical (unpaired) electrons. The fraction of sp³-hybridized carbons (Fsp3) is 0.688. The van der Waals surface area contributed by atoms with Crippen LogP contribution < -0.4 is 4.90 Å². The van der Waals surface area contributed by atoms with E-state index in [2.05, 4.69) is 34.0 Å². The smallest absolute Gasteiger partial charge is 0.274 e. The summed E-state index contributed by atoms with van der Waals surface area (Å²) in [6, 6.07) is 3.76. The number of rotatable bonds is 2. The van der Waals surface area contributed by atoms with Gasteiger partial charge in [0.1, 0.15) is 0 Å². The molecule has 0 spiro atoms. The predicted octanol–water partition coefficient (Wildman–Crippen LogP) is 1.10. The SMILES string of the molecule is CC1CCN(c2ccc(C(=O)N3CCN(C)CC3)nn2)CC1. The van der Waals surface area contributed by atoms with Gasteiger partial charge >= 0.3 is 0 Å². The minimum atomic E-state index is -0.000540. The van der Waals surface area contributed by atoms with Gasteiger partial charge in [-0.2, -0.15) is 0 Å². The molecule has 0 bridgehead atoms. The molecule has 0 unspecified atom stereocenters. The number of hydrogen-bond donors (Lipinski definition) is 0. The second-order valence-corrected chi connectivity index (χ2v) is 6.54. The zero-order chi connectivity index (χ0) is 15.5. The molecule has 2 aliphatic rings. The highest BCUT2D eigenvalue weighted by Gasteiger charge is 2.22. The molecule has 3 heterocycles. The first-order valence-corrected chi connectivity index (χ1v) is 8.20. The van der Waals surface area contributed by atoms with Crippen molar-refractivity contribution in [3.63, 3.8) is 0 Å². The van der Waals surface area contributed by atoms with Crippen LogP contribution in [0.4, 0.5) is 5.82 Å². The van der Waals surface area contributed by atoms with E-state index < -0.39 is 0 Å². The average Bonchev–Trinajstić information content (AvgIpc) is 2.56. The largest absolute Gasteiger partial charge is 0.355 e. The molecule has 0 aromatic carbocycles. The summed E-state index contributed by atoms with van der Waals surface area (Å²) in [7, 11) is 2.08. The standard InChI is InChI=1S/C16H25N5O/c1-13-5-7-20(8-6-13)15-4-3-14(17-18-15)16(22)21-11-9-19(2)10-12-21/h3-4,13H,5-12H2,1-2H3. The zero-order valence-corrected chi connectivity index (χ0v) is 13.5. The van der Waals surface area contributed by atoms with E-state index in [1.54, 1.807) is 0 Å². The molecular weight excluding hydrogens is 278 g/mol. The fourth-order valence-electron chi connectivity index (χ4n) is 3.02. The van der Waals surface area contributed by atoms with Crippen LogP contribution in [0, 0.1) is 5.92 Å². The Morgan fingerprint density at radius 3 is 2.32 bits per heavy atom. The van der Waals surface area contributed by atoms with Crippen molar-refractivity contribution in [2.45, 2.75) is 19.8 Å². The highest BCUT2D eigenvalue weighted by atomic mass is 16.2. The van der Waals surface area contributed by atoms with Crippen molar-refractivity contribution < 1.29 is 4.79 Å². The van der Waals surface area contributed by atoms with E-state index in [1.165, 1.54) is 12.8 Å². The Morgan fingerprint density at radius 1 is 1.05 bits per heavy atom. The molecule has 0 aliphatic carbocycles. The fourth-order valence-corrected chi connectivity index (χ4v) is 3.02. The van der Waals surface area contributed by atoms with Gasteiger partial charge in [0.05, 0.1) is 0 Å². The highest BCUT2D eigenvalue weighted by molar-refractivity contribution is 5.92. The molecule has 2 fully saturated rings. The van der Waals surface area contributed by atoms with Crippen LogP contribution in [0.25, 0.3) is 0 Å². The normalized spacial score (nSPS) is 21.2. The monoisotopic (exact) mass is 303 g/mol. The van der Waals surface area contributed by atoms with Crippen LogP contribution in [0.2, 0.25) is 0 Å². The van der Waals surface area contributed by atoms with Crippen molar-refractivity contribution in [1.82, 2.24) is 20.0 Å². The van der Waals surface area contributed by atoms with E-state index >= 15 is 0 Å². The maximum Gasteiger partial charge on any atom is 0.274 e. The number of nitrogens with zero attached hydrogens (tertiary/aromatic N) is 5. The van der Waals surface area contributed by atoms with Crippen LogP contribution in [-0.2, 0) is 0 Å². The van der Waals surface area contributed by atoms with Crippen LogP contribution in [0.5, 0.6) is 0 Å². The van der Waals surface area contributed by atoms with Crippen LogP contribution in [0.3, 0.4) is 0 Å². The van der Waals surface area contributed by atoms with Crippen molar-refractivity contribution in [2.75, 3.05) is 51.2 Å². The number of carbonyl (C=O) groups is 1. The van der Waals surface area contributed by atoms with Crippen LogP contribution in [0.15, 0.2) is 12.1 Å². The molecule has 0 N–H and O–H groups in total. The Bertz CT molecular complexity index is 502. The van der Waals surface area contributed by atoms with E-state index in [4.69, 9.17) is 0 Å². The minimum absolute atomic E-state index is 0.000540. The molecule has 0 atom stereocenters. The summed E-state index contributed by atoms with van der Waals surface area (Å²) in [5.41, 5.74) is 0.457. The molecular formula is C16H25N5O. The number of piperidine rings is 1. The Balaban J connectivity index is 1.62. The summed E-state index contributed by atoms with van der Waals surface area (Å²) in [6.07, 6.45) is 2.40. The van der Waals surface area contributed by atoms with Gasteiger partial charge in [-0.25, -0.2) is 0 Å². The van der Waals surface area contributed by atoms with Crippen LogP contribution in [0.1, 0.15) is 30.3 Å². The quantitative estimate of drug-likeness (QED) is 0.819. The van der Waals surface area contributed by atoms with Gasteiger partial charge in [-0.15, -0.1) is 10.2 Å². The summed E-state index contributed by atoms with van der Waals surface area (Å²) >= 11 is 0. The Kier molecular flexibility index (Phi) is 4.57. The van der Waals surface area contributed by atoms with E-state index in [1.807, 2.05) is 17.0 Å². The Morgan fingerprint density at radius 2 is 1.73 bits per heavy atom. The van der Waals surface area contributed by atoms with Crippen LogP contribution in [-0.4, -0.2) is 72.2 Å². The number of amides is 1. The lowest BCUT2D eigenvalue weighted by Gasteiger charge is -2.32. The van der Waals surface area contributed by atoms with E-state index in [0.29, 0.717) is 5.69 Å². The van der Waals surface area contributed by atoms with Gasteiger partial charge < -0.3 is 14.7 Å². The first kappa shape index (κ1) is 15.2. The lowest BCUT2D eigenvalue weighted by molar-refractivity contribution is 0.0657. The second-order valence-electron chi connectivity index (χ2n) is 6.54. The van der Waals surface area contributed by atoms with Gasteiger partial charge in [0.15, 0.2) is 11.5 Å². The summed E-state index contributed by atoms with van der Waals surface area (Å²) < 4.78 is 0. The molecule has 6 heteroatoms. The summed E-state index contributed by atoms with van der Waals surface area (Å²) in [5, 5.41) is 8.45. The van der Waals surface area contributed by atoms with Crippen molar-refractivity contribution in [3.8, 4) is 0 Å². The summed E-state index contributed by atoms with van der Waals surface area (Å²) in [5.74, 6) is 1.68. The van der Waals surface area contributed by atoms with Gasteiger partial charge in [0, 0.05) is 39.3 Å². The molecule has 1 aromatic rings. The van der Waals surface area contributed by atoms with E-state index in [9.17, 15) is 4.79 Å². The third-order valence-electron chi connectivity index (χ3n) is 4.77. The Hall–Kier alpha value is -1.69. The van der Waals surface area contributed by atoms with Crippen molar-refractivity contribution in [1.29, 1.82) is 0 Å². The van der Waals surface area contributed by atoms with Gasteiger partial charge in [-0.05, 0) is 37.9 Å². The minimum Gasteiger partial charge on any atom is -0.355 e. The molecule has 3 rings (SSSR count). The van der Waals surface area contributed by atoms with Gasteiger partial charge in [-0.3, -0.25) is 4.79 Å². The first-order valence-electron chi connectivity index (χ1n) is 8.20. The van der Waals surface area contributed by atoms with Gasteiger partial charge in [0.2, 0.25) is 0 Å². The summed E-state index contributed by atoms with van der Waals surface area (Å²) in [6.45, 7) is 7.72. The molecule has 22 heavy (non-hydrogen) atoms. The molecule has 0 saturated carbocycles. The first-order chi connectivity index (χ1) is 10.6. The average molecular weight is 303 g/mol. The highest BCUT2D eigenvalue weighted by Crippen LogP contribution is 2.20. The number of carbonyl (C=O) groups excluding carboxylic acids is 1. The molecule has 120 valence electrons. The van der Waals surface area contributed by atoms with E-state index in [0.717, 1.165) is 51.0 Å². The lowest BCUT2D eigenvalue weighted by Crippen LogP contribution is -2.47. The van der Waals surface area contributed by atoms with Crippen molar-refractivity contribution >= 4 is 11.7 Å². The van der Waals surface area contributed by atoms with Crippen LogP contribution >= 0.6 is 0 Å². The predicted molar refractivity (Wildman–Crippen MR) is 86.0 cm³/mol. The molecule has 6 nitrogen and oxygen atoms in total. The van der Waals surface area contributed by atoms with Crippen molar-refractivity contribution in [3.05, 3.63) is 17.8 Å². The molecule has 1 amide bonds. The number of piperazine rings is 1. The van der Waals surface area contributed by atoms with E-state index in [-0.39, 0.29) is 5.91 Å². The third kappa shape index (κ3) is 3.38. The van der Waals surface area contributed by atoms with Gasteiger partial charge in [-0.1, -0.05) is 6.92 Å².